The Bertz CT molecular complexity index is 941. The van der Waals surface area contributed by atoms with E-state index in [1.54, 1.807) is 18.2 Å². The van der Waals surface area contributed by atoms with E-state index in [4.69, 9.17) is 14.2 Å². The Morgan fingerprint density at radius 1 is 0.818 bits per heavy atom. The number of allylic oxidation sites excluding steroid dienone is 1. The average Bonchev–Trinajstić information content (AvgIpc) is 2.63. The van der Waals surface area contributed by atoms with Crippen LogP contribution in [0.2, 0.25) is 0 Å². The van der Waals surface area contributed by atoms with E-state index in [0.717, 1.165) is 28.4 Å². The highest BCUT2D eigenvalue weighted by Gasteiger charge is 2.29. The van der Waals surface area contributed by atoms with Crippen LogP contribution in [-0.4, -0.2) is 23.6 Å². The minimum absolute atomic E-state index is 0.0745. The van der Waals surface area contributed by atoms with Crippen LogP contribution in [0.1, 0.15) is 90.7 Å². The molecule has 0 spiro atoms. The summed E-state index contributed by atoms with van der Waals surface area (Å²) >= 11 is 0. The predicted octanol–water partition coefficient (Wildman–Crippen LogP) is 7.63. The third-order valence-electron chi connectivity index (χ3n) is 4.55. The Morgan fingerprint density at radius 2 is 1.30 bits per heavy atom. The Labute approximate surface area is 200 Å². The van der Waals surface area contributed by atoms with E-state index in [0.29, 0.717) is 12.2 Å². The van der Waals surface area contributed by atoms with Crippen LogP contribution in [0.15, 0.2) is 42.5 Å². The lowest BCUT2D eigenvalue weighted by atomic mass is 9.84. The molecule has 4 nitrogen and oxygen atoms in total. The normalized spacial score (nSPS) is 12.7. The molecule has 0 heterocycles. The van der Waals surface area contributed by atoms with Gasteiger partial charge in [0.15, 0.2) is 5.78 Å². The SMILES string of the molecule is CCOc1ccc(C(=O)C=Cc2cc(OC(C)(C)C)c(C(C)(C)C)c(OC(C)(C)C)c2)cc1. The Hall–Kier alpha value is -2.75. The zero-order valence-electron chi connectivity index (χ0n) is 22.0. The van der Waals surface area contributed by atoms with E-state index in [1.807, 2.05) is 78.8 Å². The van der Waals surface area contributed by atoms with Gasteiger partial charge in [-0.05, 0) is 102 Å². The van der Waals surface area contributed by atoms with Crippen LogP contribution in [0.25, 0.3) is 6.08 Å². The van der Waals surface area contributed by atoms with Gasteiger partial charge in [0.2, 0.25) is 0 Å². The van der Waals surface area contributed by atoms with Crippen LogP contribution in [0.4, 0.5) is 0 Å². The van der Waals surface area contributed by atoms with Gasteiger partial charge in [-0.2, -0.15) is 0 Å². The van der Waals surface area contributed by atoms with Crippen molar-refractivity contribution in [1.29, 1.82) is 0 Å². The van der Waals surface area contributed by atoms with E-state index in [2.05, 4.69) is 20.8 Å². The molecule has 33 heavy (non-hydrogen) atoms. The van der Waals surface area contributed by atoms with E-state index in [-0.39, 0.29) is 22.4 Å². The summed E-state index contributed by atoms with van der Waals surface area (Å²) in [4.78, 5) is 12.8. The molecule has 2 aromatic carbocycles. The number of ether oxygens (including phenoxy) is 3. The first-order chi connectivity index (χ1) is 15.1. The average molecular weight is 453 g/mol. The molecule has 0 aliphatic rings. The second-order valence-corrected chi connectivity index (χ2v) is 11.2. The zero-order chi connectivity index (χ0) is 25.0. The van der Waals surface area contributed by atoms with Gasteiger partial charge in [0.25, 0.3) is 0 Å². The van der Waals surface area contributed by atoms with Gasteiger partial charge in [-0.25, -0.2) is 0 Å². The summed E-state index contributed by atoms with van der Waals surface area (Å²) in [6.45, 7) is 21.2. The molecule has 180 valence electrons. The van der Waals surface area contributed by atoms with Crippen molar-refractivity contribution in [2.24, 2.45) is 0 Å². The highest BCUT2D eigenvalue weighted by molar-refractivity contribution is 6.06. The van der Waals surface area contributed by atoms with Crippen LogP contribution < -0.4 is 14.2 Å². The zero-order valence-corrected chi connectivity index (χ0v) is 22.0. The first-order valence-corrected chi connectivity index (χ1v) is 11.6. The molecule has 0 aliphatic carbocycles. The fourth-order valence-electron chi connectivity index (χ4n) is 3.42. The maximum absolute atomic E-state index is 12.8. The number of rotatable bonds is 7. The van der Waals surface area contributed by atoms with Crippen molar-refractivity contribution in [3.05, 3.63) is 59.2 Å². The van der Waals surface area contributed by atoms with Crippen molar-refractivity contribution in [3.8, 4) is 17.2 Å². The topological polar surface area (TPSA) is 44.8 Å². The summed E-state index contributed by atoms with van der Waals surface area (Å²) < 4.78 is 18.2. The largest absolute Gasteiger partial charge is 0.494 e. The number of carbonyl (C=O) groups is 1. The fraction of sp³-hybridized carbons (Fsp3) is 0.483. The van der Waals surface area contributed by atoms with Gasteiger partial charge >= 0.3 is 0 Å². The van der Waals surface area contributed by atoms with Gasteiger partial charge in [-0.15, -0.1) is 0 Å². The molecule has 0 saturated carbocycles. The standard InChI is InChI=1S/C29H40O4/c1-11-31-22-15-13-21(14-16-22)23(30)17-12-20-18-24(32-28(5,6)7)26(27(2,3)4)25(19-20)33-29(8,9)10/h12-19H,11H2,1-10H3. The number of benzene rings is 2. The number of carbonyl (C=O) groups excluding carboxylic acids is 1. The molecule has 2 aromatic rings. The Kier molecular flexibility index (Phi) is 8.05. The molecular formula is C29H40O4. The van der Waals surface area contributed by atoms with Crippen LogP contribution in [0.5, 0.6) is 17.2 Å². The summed E-state index contributed by atoms with van der Waals surface area (Å²) in [6, 6.07) is 11.2. The Morgan fingerprint density at radius 3 is 1.70 bits per heavy atom. The summed E-state index contributed by atoms with van der Waals surface area (Å²) in [6.07, 6.45) is 3.40. The smallest absolute Gasteiger partial charge is 0.185 e. The molecule has 2 rings (SSSR count). The third-order valence-corrected chi connectivity index (χ3v) is 4.55. The molecule has 4 heteroatoms. The number of hydrogen-bond acceptors (Lipinski definition) is 4. The van der Waals surface area contributed by atoms with Gasteiger partial charge < -0.3 is 14.2 Å². The lowest BCUT2D eigenvalue weighted by molar-refractivity contribution is 0.104. The van der Waals surface area contributed by atoms with Crippen LogP contribution in [0, 0.1) is 0 Å². The van der Waals surface area contributed by atoms with Crippen LogP contribution in [-0.2, 0) is 5.41 Å². The van der Waals surface area contributed by atoms with Gasteiger partial charge in [-0.3, -0.25) is 4.79 Å². The second-order valence-electron chi connectivity index (χ2n) is 11.2. The summed E-state index contributed by atoms with van der Waals surface area (Å²) in [5.74, 6) is 2.22. The monoisotopic (exact) mass is 452 g/mol. The lowest BCUT2D eigenvalue weighted by Gasteiger charge is -2.32. The van der Waals surface area contributed by atoms with Crippen LogP contribution >= 0.6 is 0 Å². The minimum Gasteiger partial charge on any atom is -0.494 e. The van der Waals surface area contributed by atoms with Crippen molar-refractivity contribution in [2.45, 2.75) is 85.9 Å². The van der Waals surface area contributed by atoms with Gasteiger partial charge in [-0.1, -0.05) is 26.8 Å². The molecule has 0 atom stereocenters. The molecule has 0 unspecified atom stereocenters. The maximum atomic E-state index is 12.8. The molecule has 0 aromatic heterocycles. The second kappa shape index (κ2) is 10.0. The van der Waals surface area contributed by atoms with E-state index < -0.39 is 0 Å². The summed E-state index contributed by atoms with van der Waals surface area (Å²) in [5, 5.41) is 0. The van der Waals surface area contributed by atoms with Crippen molar-refractivity contribution in [3.63, 3.8) is 0 Å². The molecule has 0 fully saturated rings. The highest BCUT2D eigenvalue weighted by Crippen LogP contribution is 2.42. The molecule has 0 N–H and O–H groups in total. The lowest BCUT2D eigenvalue weighted by Crippen LogP contribution is -2.28. The van der Waals surface area contributed by atoms with Crippen molar-refractivity contribution in [2.75, 3.05) is 6.61 Å². The van der Waals surface area contributed by atoms with Crippen molar-refractivity contribution in [1.82, 2.24) is 0 Å². The summed E-state index contributed by atoms with van der Waals surface area (Å²) in [7, 11) is 0. The number of ketones is 1. The molecular weight excluding hydrogens is 412 g/mol. The molecule has 0 saturated heterocycles. The van der Waals surface area contributed by atoms with E-state index >= 15 is 0 Å². The predicted molar refractivity (Wildman–Crippen MR) is 137 cm³/mol. The first-order valence-electron chi connectivity index (χ1n) is 11.6. The fourth-order valence-corrected chi connectivity index (χ4v) is 3.42. The number of hydrogen-bond donors (Lipinski definition) is 0. The third kappa shape index (κ3) is 8.27. The van der Waals surface area contributed by atoms with Gasteiger partial charge in [0.05, 0.1) is 6.61 Å². The van der Waals surface area contributed by atoms with Crippen LogP contribution in [0.3, 0.4) is 0 Å². The molecule has 0 amide bonds. The molecule has 0 aliphatic heterocycles. The van der Waals surface area contributed by atoms with Gasteiger partial charge in [0, 0.05) is 11.1 Å². The van der Waals surface area contributed by atoms with Crippen molar-refractivity contribution >= 4 is 11.9 Å². The highest BCUT2D eigenvalue weighted by atomic mass is 16.5. The quantitative estimate of drug-likeness (QED) is 0.320. The summed E-state index contributed by atoms with van der Waals surface area (Å²) in [5.41, 5.74) is 1.53. The van der Waals surface area contributed by atoms with E-state index in [9.17, 15) is 4.79 Å². The first kappa shape index (κ1) is 26.5. The molecule has 0 bridgehead atoms. The minimum atomic E-state index is -0.376. The van der Waals surface area contributed by atoms with Crippen molar-refractivity contribution < 1.29 is 19.0 Å². The maximum Gasteiger partial charge on any atom is 0.185 e. The van der Waals surface area contributed by atoms with Gasteiger partial charge in [0.1, 0.15) is 28.5 Å². The Balaban J connectivity index is 2.49. The molecule has 0 radical (unpaired) electrons. The van der Waals surface area contributed by atoms with E-state index in [1.165, 1.54) is 0 Å².